The number of amides is 1. The van der Waals surface area contributed by atoms with Crippen LogP contribution in [0.1, 0.15) is 37.6 Å². The van der Waals surface area contributed by atoms with Crippen molar-refractivity contribution < 1.29 is 27.7 Å². The summed E-state index contributed by atoms with van der Waals surface area (Å²) >= 11 is 5.77. The molecule has 0 bridgehead atoms. The number of nitrogens with zero attached hydrogens (tertiary/aromatic N) is 2. The first-order chi connectivity index (χ1) is 16.4. The maximum absolute atomic E-state index is 12.9. The second-order valence-electron chi connectivity index (χ2n) is 8.76. The molecular formula is C23H26ClN3O7S. The Kier molecular flexibility index (Phi) is 8.01. The van der Waals surface area contributed by atoms with Gasteiger partial charge in [-0.2, -0.15) is 0 Å². The monoisotopic (exact) mass is 523 g/mol. The third kappa shape index (κ3) is 6.29. The van der Waals surface area contributed by atoms with E-state index in [-0.39, 0.29) is 22.2 Å². The molecule has 1 fully saturated rings. The molecule has 2 aromatic carbocycles. The van der Waals surface area contributed by atoms with Crippen LogP contribution in [0.15, 0.2) is 47.4 Å². The number of sulfonamides is 1. The van der Waals surface area contributed by atoms with Gasteiger partial charge in [0.1, 0.15) is 5.02 Å². The minimum atomic E-state index is -4.31. The predicted octanol–water partition coefficient (Wildman–Crippen LogP) is 4.10. The van der Waals surface area contributed by atoms with Gasteiger partial charge in [-0.25, -0.2) is 13.2 Å². The van der Waals surface area contributed by atoms with Gasteiger partial charge in [0, 0.05) is 19.2 Å². The molecular weight excluding hydrogens is 498 g/mol. The zero-order chi connectivity index (χ0) is 25.9. The fraction of sp³-hybridized carbons (Fsp3) is 0.391. The van der Waals surface area contributed by atoms with Crippen LogP contribution in [0.5, 0.6) is 0 Å². The number of piperidine rings is 1. The van der Waals surface area contributed by atoms with E-state index in [4.69, 9.17) is 16.3 Å². The molecule has 3 rings (SSSR count). The highest BCUT2D eigenvalue weighted by Crippen LogP contribution is 2.29. The number of hydrogen-bond acceptors (Lipinski definition) is 7. The highest BCUT2D eigenvalue weighted by atomic mass is 35.5. The Bertz CT molecular complexity index is 1240. The first-order valence-electron chi connectivity index (χ1n) is 10.9. The van der Waals surface area contributed by atoms with Gasteiger partial charge >= 0.3 is 5.97 Å². The van der Waals surface area contributed by atoms with Gasteiger partial charge in [0.2, 0.25) is 0 Å². The second-order valence-corrected chi connectivity index (χ2v) is 10.8. The lowest BCUT2D eigenvalue weighted by Gasteiger charge is -2.36. The molecule has 1 heterocycles. The Labute approximate surface area is 208 Å². The Morgan fingerprint density at radius 1 is 1.17 bits per heavy atom. The van der Waals surface area contributed by atoms with E-state index in [9.17, 15) is 28.1 Å². The molecule has 2 aromatic rings. The molecule has 0 radical (unpaired) electrons. The number of ether oxygens (including phenoxy) is 1. The van der Waals surface area contributed by atoms with Crippen molar-refractivity contribution in [1.82, 2.24) is 4.90 Å². The summed E-state index contributed by atoms with van der Waals surface area (Å²) in [5.41, 5.74) is -0.787. The van der Waals surface area contributed by atoms with Crippen molar-refractivity contribution in [3.8, 4) is 0 Å². The van der Waals surface area contributed by atoms with Crippen LogP contribution in [0.3, 0.4) is 0 Å². The fourth-order valence-corrected chi connectivity index (χ4v) is 5.41. The third-order valence-electron chi connectivity index (χ3n) is 5.63. The Morgan fingerprint density at radius 3 is 2.43 bits per heavy atom. The van der Waals surface area contributed by atoms with Crippen LogP contribution in [0, 0.1) is 22.0 Å². The molecule has 10 nitrogen and oxygen atoms in total. The Hall–Kier alpha value is -3.18. The Balaban J connectivity index is 1.78. The zero-order valence-corrected chi connectivity index (χ0v) is 21.0. The lowest BCUT2D eigenvalue weighted by Crippen LogP contribution is -2.47. The lowest BCUT2D eigenvalue weighted by atomic mass is 9.91. The van der Waals surface area contributed by atoms with E-state index in [1.165, 1.54) is 31.2 Å². The van der Waals surface area contributed by atoms with Crippen molar-refractivity contribution in [3.05, 3.63) is 63.2 Å². The van der Waals surface area contributed by atoms with Gasteiger partial charge in [-0.3, -0.25) is 19.6 Å². The van der Waals surface area contributed by atoms with Crippen molar-refractivity contribution in [2.45, 2.75) is 38.2 Å². The minimum absolute atomic E-state index is 0.102. The summed E-state index contributed by atoms with van der Waals surface area (Å²) in [5, 5.41) is 10.9. The molecule has 1 saturated heterocycles. The maximum atomic E-state index is 12.9. The summed E-state index contributed by atoms with van der Waals surface area (Å²) in [6, 6.07) is 8.76. The van der Waals surface area contributed by atoms with Crippen LogP contribution in [-0.2, 0) is 19.6 Å². The molecule has 12 heteroatoms. The highest BCUT2D eigenvalue weighted by Gasteiger charge is 2.31. The van der Waals surface area contributed by atoms with Crippen molar-refractivity contribution in [2.24, 2.45) is 11.8 Å². The number of nitrogens with one attached hydrogen (secondary N) is 1. The number of para-hydroxylation sites is 1. The average Bonchev–Trinajstić information content (AvgIpc) is 2.77. The van der Waals surface area contributed by atoms with E-state index in [1.54, 1.807) is 4.90 Å². The molecule has 0 unspecified atom stereocenters. The summed E-state index contributed by atoms with van der Waals surface area (Å²) in [5.74, 6) is -0.526. The average molecular weight is 524 g/mol. The number of hydrogen-bond donors (Lipinski definition) is 1. The quantitative estimate of drug-likeness (QED) is 0.328. The van der Waals surface area contributed by atoms with E-state index in [0.717, 1.165) is 24.6 Å². The highest BCUT2D eigenvalue weighted by molar-refractivity contribution is 7.92. The van der Waals surface area contributed by atoms with Gasteiger partial charge in [-0.05, 0) is 49.4 Å². The number of anilines is 1. The van der Waals surface area contributed by atoms with Gasteiger partial charge < -0.3 is 9.64 Å². The molecule has 0 spiro atoms. The van der Waals surface area contributed by atoms with Crippen LogP contribution in [0.2, 0.25) is 5.02 Å². The number of nitro groups is 1. The molecule has 0 saturated carbocycles. The normalized spacial score (nSPS) is 19.0. The van der Waals surface area contributed by atoms with Crippen LogP contribution in [0.25, 0.3) is 0 Å². The lowest BCUT2D eigenvalue weighted by molar-refractivity contribution is -0.384. The molecule has 3 atom stereocenters. The van der Waals surface area contributed by atoms with Crippen molar-refractivity contribution in [2.75, 3.05) is 17.8 Å². The minimum Gasteiger partial charge on any atom is -0.449 e. The number of rotatable bonds is 7. The van der Waals surface area contributed by atoms with Crippen molar-refractivity contribution in [1.29, 1.82) is 0 Å². The molecule has 0 aliphatic carbocycles. The third-order valence-corrected chi connectivity index (χ3v) is 7.31. The number of nitro benzene ring substituents is 1. The van der Waals surface area contributed by atoms with Crippen molar-refractivity contribution >= 4 is 44.9 Å². The molecule has 1 amide bonds. The molecule has 1 N–H and O–H groups in total. The number of halogens is 1. The number of esters is 1. The smallest absolute Gasteiger partial charge is 0.341 e. The van der Waals surface area contributed by atoms with Gasteiger partial charge in [-0.1, -0.05) is 37.6 Å². The van der Waals surface area contributed by atoms with Gasteiger partial charge in [0.25, 0.3) is 21.6 Å². The van der Waals surface area contributed by atoms with Crippen LogP contribution in [-0.4, -0.2) is 49.3 Å². The number of carbonyl (C=O) groups excluding carboxylic acids is 2. The second kappa shape index (κ2) is 10.6. The SMILES string of the molecule is C[C@@H]1C[C@H](C)CN(C(=O)[C@H](C)OC(=O)c2ccccc2NS(=O)(=O)c2ccc(Cl)c([N+](=O)[O-])c2)C1. The summed E-state index contributed by atoms with van der Waals surface area (Å²) in [7, 11) is -4.31. The zero-order valence-electron chi connectivity index (χ0n) is 19.4. The van der Waals surface area contributed by atoms with E-state index in [1.807, 2.05) is 0 Å². The largest absolute Gasteiger partial charge is 0.449 e. The molecule has 188 valence electrons. The number of likely N-dealkylation sites (tertiary alicyclic amines) is 1. The molecule has 0 aromatic heterocycles. The number of carbonyl (C=O) groups is 2. The van der Waals surface area contributed by atoms with Crippen LogP contribution in [0.4, 0.5) is 11.4 Å². The summed E-state index contributed by atoms with van der Waals surface area (Å²) in [4.78, 5) is 37.3. The van der Waals surface area contributed by atoms with E-state index < -0.39 is 37.6 Å². The Morgan fingerprint density at radius 2 is 1.80 bits per heavy atom. The topological polar surface area (TPSA) is 136 Å². The number of benzene rings is 2. The van der Waals surface area contributed by atoms with Crippen LogP contribution >= 0.6 is 11.6 Å². The van der Waals surface area contributed by atoms with Gasteiger partial charge in [0.15, 0.2) is 6.10 Å². The van der Waals surface area contributed by atoms with Gasteiger partial charge in [-0.15, -0.1) is 0 Å². The molecule has 1 aliphatic rings. The van der Waals surface area contributed by atoms with Crippen molar-refractivity contribution in [3.63, 3.8) is 0 Å². The van der Waals surface area contributed by atoms with Crippen LogP contribution < -0.4 is 4.72 Å². The van der Waals surface area contributed by atoms with E-state index >= 15 is 0 Å². The van der Waals surface area contributed by atoms with Gasteiger partial charge in [0.05, 0.1) is 21.1 Å². The summed E-state index contributed by atoms with van der Waals surface area (Å²) < 4.78 is 33.4. The first-order valence-corrected chi connectivity index (χ1v) is 12.8. The first kappa shape index (κ1) is 26.4. The van der Waals surface area contributed by atoms with E-state index in [2.05, 4.69) is 18.6 Å². The molecule has 1 aliphatic heterocycles. The fourth-order valence-electron chi connectivity index (χ4n) is 4.13. The predicted molar refractivity (Wildman–Crippen MR) is 130 cm³/mol. The van der Waals surface area contributed by atoms with E-state index in [0.29, 0.717) is 24.9 Å². The summed E-state index contributed by atoms with van der Waals surface area (Å²) in [6.45, 7) is 6.75. The maximum Gasteiger partial charge on any atom is 0.341 e. The molecule has 35 heavy (non-hydrogen) atoms. The summed E-state index contributed by atoms with van der Waals surface area (Å²) in [6.07, 6.45) is -0.0500. The standard InChI is InChI=1S/C23H26ClN3O7S/c1-14-10-15(2)13-26(12-14)22(28)16(3)34-23(29)18-6-4-5-7-20(18)25-35(32,33)17-8-9-19(24)21(11-17)27(30)31/h4-9,11,14-16,25H,10,12-13H2,1-3H3/t14-,15+,16-/m0/s1.